The molecule has 0 aromatic carbocycles. The molecule has 0 bridgehead atoms. The van der Waals surface area contributed by atoms with Crippen LogP contribution in [0.4, 0.5) is 0 Å². The number of carboxylic acids is 1. The molecule has 3 heterocycles. The summed E-state index contributed by atoms with van der Waals surface area (Å²) in [5.74, 6) is -0.609. The fourth-order valence-corrected chi connectivity index (χ4v) is 2.94. The predicted octanol–water partition coefficient (Wildman–Crippen LogP) is 1.39. The molecule has 3 aromatic rings. The van der Waals surface area contributed by atoms with Gasteiger partial charge in [-0.05, 0) is 19.1 Å². The van der Waals surface area contributed by atoms with Crippen molar-refractivity contribution in [2.24, 2.45) is 12.8 Å². The van der Waals surface area contributed by atoms with Crippen molar-refractivity contribution >= 4 is 24.0 Å². The molecule has 0 radical (unpaired) electrons. The molecule has 0 fully saturated rings. The van der Waals surface area contributed by atoms with Gasteiger partial charge in [-0.25, -0.2) is 4.98 Å². The summed E-state index contributed by atoms with van der Waals surface area (Å²) < 4.78 is 8.71. The number of rotatable bonds is 5. The van der Waals surface area contributed by atoms with Crippen LogP contribution in [-0.2, 0) is 18.3 Å². The van der Waals surface area contributed by atoms with Gasteiger partial charge in [-0.2, -0.15) is 0 Å². The summed E-state index contributed by atoms with van der Waals surface area (Å²) in [5.41, 5.74) is 8.50. The van der Waals surface area contributed by atoms with Crippen molar-refractivity contribution in [3.63, 3.8) is 0 Å². The lowest BCUT2D eigenvalue weighted by Gasteiger charge is -2.15. The van der Waals surface area contributed by atoms with Gasteiger partial charge >= 0.3 is 5.97 Å². The second kappa shape index (κ2) is 7.81. The van der Waals surface area contributed by atoms with Crippen LogP contribution in [0.3, 0.4) is 0 Å². The van der Waals surface area contributed by atoms with Gasteiger partial charge in [0.2, 0.25) is 0 Å². The van der Waals surface area contributed by atoms with E-state index in [4.69, 9.17) is 15.6 Å². The Morgan fingerprint density at radius 1 is 1.41 bits per heavy atom. The van der Waals surface area contributed by atoms with Gasteiger partial charge in [0, 0.05) is 48.9 Å². The number of carboxylic acid groups (broad SMARTS) is 1. The smallest absolute Gasteiger partial charge is 0.320 e. The molecule has 3 aromatic heterocycles. The quantitative estimate of drug-likeness (QED) is 0.678. The van der Waals surface area contributed by atoms with E-state index in [1.165, 1.54) is 7.11 Å². The molecule has 27 heavy (non-hydrogen) atoms. The minimum absolute atomic E-state index is 0. The van der Waals surface area contributed by atoms with Crippen LogP contribution in [0, 0.1) is 6.92 Å². The Hall–Kier alpha value is -2.84. The van der Waals surface area contributed by atoms with Gasteiger partial charge in [-0.3, -0.25) is 9.59 Å². The standard InChI is InChI=1S/C18H20N4O4.ClH/c1-10-8-14(26-3)15(17(23)21(10)2)12-5-4-11(9-13(19)18(24)25)22-7-6-20-16(12)22;/h4-8,13H,9,19H2,1-3H3,(H,24,25);1H. The van der Waals surface area contributed by atoms with Gasteiger partial charge in [-0.1, -0.05) is 0 Å². The Kier molecular flexibility index (Phi) is 5.92. The topological polar surface area (TPSA) is 112 Å². The molecule has 8 nitrogen and oxygen atoms in total. The van der Waals surface area contributed by atoms with Crippen molar-refractivity contribution in [2.75, 3.05) is 7.11 Å². The maximum Gasteiger partial charge on any atom is 0.320 e. The average molecular weight is 393 g/mol. The second-order valence-electron chi connectivity index (χ2n) is 6.10. The predicted molar refractivity (Wildman–Crippen MR) is 104 cm³/mol. The third-order valence-electron chi connectivity index (χ3n) is 4.50. The number of halogens is 1. The fourth-order valence-electron chi connectivity index (χ4n) is 2.94. The molecule has 3 N–H and O–H groups in total. The molecule has 0 amide bonds. The van der Waals surface area contributed by atoms with E-state index in [2.05, 4.69) is 4.98 Å². The normalized spacial score (nSPS) is 11.9. The number of nitrogens with two attached hydrogens (primary N) is 1. The molecule has 0 aliphatic carbocycles. The third-order valence-corrected chi connectivity index (χ3v) is 4.50. The number of hydrogen-bond acceptors (Lipinski definition) is 5. The van der Waals surface area contributed by atoms with Crippen LogP contribution in [0.1, 0.15) is 11.4 Å². The zero-order valence-electron chi connectivity index (χ0n) is 15.2. The Bertz CT molecular complexity index is 1060. The van der Waals surface area contributed by atoms with E-state index < -0.39 is 12.0 Å². The van der Waals surface area contributed by atoms with Crippen LogP contribution in [0.5, 0.6) is 5.75 Å². The van der Waals surface area contributed by atoms with Gasteiger partial charge in [0.1, 0.15) is 17.4 Å². The first-order chi connectivity index (χ1) is 12.3. The minimum atomic E-state index is -1.07. The zero-order chi connectivity index (χ0) is 19.0. The number of methoxy groups -OCH3 is 1. The number of ether oxygens (including phenoxy) is 1. The highest BCUT2D eigenvalue weighted by molar-refractivity contribution is 5.85. The summed E-state index contributed by atoms with van der Waals surface area (Å²) in [5, 5.41) is 9.05. The first kappa shape index (κ1) is 20.5. The number of fused-ring (bicyclic) bond motifs is 1. The molecule has 144 valence electrons. The van der Waals surface area contributed by atoms with Crippen LogP contribution >= 0.6 is 12.4 Å². The highest BCUT2D eigenvalue weighted by atomic mass is 35.5. The maximum absolute atomic E-state index is 12.8. The van der Waals surface area contributed by atoms with Crippen LogP contribution in [0.2, 0.25) is 0 Å². The molecule has 0 aliphatic rings. The molecule has 0 saturated carbocycles. The van der Waals surface area contributed by atoms with Crippen molar-refractivity contribution < 1.29 is 14.6 Å². The number of aryl methyl sites for hydroxylation is 1. The zero-order valence-corrected chi connectivity index (χ0v) is 16.0. The first-order valence-electron chi connectivity index (χ1n) is 8.03. The summed E-state index contributed by atoms with van der Waals surface area (Å²) >= 11 is 0. The number of aromatic nitrogens is 3. The summed E-state index contributed by atoms with van der Waals surface area (Å²) in [4.78, 5) is 28.2. The third kappa shape index (κ3) is 3.54. The van der Waals surface area contributed by atoms with Crippen molar-refractivity contribution in [3.05, 3.63) is 52.3 Å². The van der Waals surface area contributed by atoms with E-state index in [1.807, 2.05) is 6.92 Å². The number of aliphatic carboxylic acids is 1. The second-order valence-corrected chi connectivity index (χ2v) is 6.10. The Morgan fingerprint density at radius 3 is 2.74 bits per heavy atom. The Labute approximate surface area is 161 Å². The highest BCUT2D eigenvalue weighted by Gasteiger charge is 2.20. The number of hydrogen-bond donors (Lipinski definition) is 2. The Balaban J connectivity index is 0.00000261. The molecule has 1 unspecified atom stereocenters. The van der Waals surface area contributed by atoms with Crippen LogP contribution in [0.25, 0.3) is 16.8 Å². The molecular formula is C18H21ClN4O4. The summed E-state index contributed by atoms with van der Waals surface area (Å²) in [7, 11) is 3.21. The molecule has 0 saturated heterocycles. The van der Waals surface area contributed by atoms with E-state index in [0.717, 1.165) is 5.69 Å². The Morgan fingerprint density at radius 2 is 2.11 bits per heavy atom. The first-order valence-corrected chi connectivity index (χ1v) is 8.03. The van der Waals surface area contributed by atoms with Crippen LogP contribution < -0.4 is 16.0 Å². The highest BCUT2D eigenvalue weighted by Crippen LogP contribution is 2.30. The van der Waals surface area contributed by atoms with Gasteiger partial charge in [0.25, 0.3) is 5.56 Å². The summed E-state index contributed by atoms with van der Waals surface area (Å²) in [6.07, 6.45) is 3.46. The van der Waals surface area contributed by atoms with Crippen LogP contribution in [0.15, 0.2) is 35.4 Å². The van der Waals surface area contributed by atoms with Crippen molar-refractivity contribution in [1.29, 1.82) is 0 Å². The molecule has 9 heteroatoms. The van der Waals surface area contributed by atoms with E-state index in [1.54, 1.807) is 46.6 Å². The van der Waals surface area contributed by atoms with Gasteiger partial charge < -0.3 is 24.5 Å². The van der Waals surface area contributed by atoms with Gasteiger partial charge in [0.05, 0.1) is 12.7 Å². The lowest BCUT2D eigenvalue weighted by molar-refractivity contribution is -0.138. The molecular weight excluding hydrogens is 372 g/mol. The van der Waals surface area contributed by atoms with Crippen molar-refractivity contribution in [2.45, 2.75) is 19.4 Å². The number of carbonyl (C=O) groups is 1. The number of imidazole rings is 1. The molecule has 1 atom stereocenters. The molecule has 0 aliphatic heterocycles. The largest absolute Gasteiger partial charge is 0.496 e. The van der Waals surface area contributed by atoms with E-state index in [0.29, 0.717) is 28.2 Å². The minimum Gasteiger partial charge on any atom is -0.496 e. The number of pyridine rings is 2. The van der Waals surface area contributed by atoms with E-state index in [9.17, 15) is 9.59 Å². The monoisotopic (exact) mass is 392 g/mol. The van der Waals surface area contributed by atoms with Crippen molar-refractivity contribution in [1.82, 2.24) is 14.0 Å². The number of nitrogens with zero attached hydrogens (tertiary/aromatic N) is 3. The van der Waals surface area contributed by atoms with Gasteiger partial charge in [0.15, 0.2) is 0 Å². The summed E-state index contributed by atoms with van der Waals surface area (Å²) in [6, 6.07) is 4.28. The molecule has 0 spiro atoms. The SMILES string of the molecule is COc1cc(C)n(C)c(=O)c1-c1ccc(CC(N)C(=O)O)n2ccnc12.Cl. The van der Waals surface area contributed by atoms with E-state index in [-0.39, 0.29) is 24.4 Å². The lowest BCUT2D eigenvalue weighted by atomic mass is 10.0. The van der Waals surface area contributed by atoms with Crippen molar-refractivity contribution in [3.8, 4) is 16.9 Å². The van der Waals surface area contributed by atoms with E-state index >= 15 is 0 Å². The fraction of sp³-hybridized carbons (Fsp3) is 0.278. The van der Waals surface area contributed by atoms with Gasteiger partial charge in [-0.15, -0.1) is 12.4 Å². The lowest BCUT2D eigenvalue weighted by Crippen LogP contribution is -2.32. The maximum atomic E-state index is 12.8. The molecule has 3 rings (SSSR count). The average Bonchev–Trinajstić information content (AvgIpc) is 3.10. The van der Waals surface area contributed by atoms with Crippen LogP contribution in [-0.4, -0.2) is 38.2 Å². The summed E-state index contributed by atoms with van der Waals surface area (Å²) in [6.45, 7) is 1.83.